The Bertz CT molecular complexity index is 1040. The number of nitrogens with zero attached hydrogens (tertiary/aromatic N) is 3. The molecule has 2 amide bonds. The number of amides is 2. The topological polar surface area (TPSA) is 84.6 Å². The maximum Gasteiger partial charge on any atom is 0.253 e. The van der Waals surface area contributed by atoms with E-state index in [-0.39, 0.29) is 36.3 Å². The van der Waals surface area contributed by atoms with Gasteiger partial charge in [0.05, 0.1) is 18.7 Å². The highest BCUT2D eigenvalue weighted by atomic mass is 16.3. The van der Waals surface area contributed by atoms with Crippen molar-refractivity contribution in [3.05, 3.63) is 59.7 Å². The van der Waals surface area contributed by atoms with Crippen LogP contribution in [0.3, 0.4) is 0 Å². The molecule has 2 fully saturated rings. The number of hydrogen-bond donors (Lipinski definition) is 1. The van der Waals surface area contributed by atoms with Crippen molar-refractivity contribution in [3.63, 3.8) is 0 Å². The summed E-state index contributed by atoms with van der Waals surface area (Å²) < 4.78 is 0. The van der Waals surface area contributed by atoms with Gasteiger partial charge in [-0.1, -0.05) is 49.2 Å². The Kier molecular flexibility index (Phi) is 6.29. The van der Waals surface area contributed by atoms with Crippen LogP contribution in [-0.2, 0) is 4.79 Å². The number of carbonyl (C=O) groups is 2. The SMILES string of the molecule is CN(C)C(=O)c1cccc(-c2ccc([C@@H]3[C@@H](C#N)N(C(=O)C4CCCC4)[C@H]3CO)cc2)c1. The highest BCUT2D eigenvalue weighted by Crippen LogP contribution is 2.43. The number of likely N-dealkylation sites (tertiary alicyclic amines) is 1. The summed E-state index contributed by atoms with van der Waals surface area (Å²) in [5.41, 5.74) is 3.47. The van der Waals surface area contributed by atoms with E-state index in [0.717, 1.165) is 42.4 Å². The summed E-state index contributed by atoms with van der Waals surface area (Å²) in [5, 5.41) is 19.8. The Morgan fingerprint density at radius 3 is 2.38 bits per heavy atom. The zero-order chi connectivity index (χ0) is 22.8. The summed E-state index contributed by atoms with van der Waals surface area (Å²) in [6.45, 7) is -0.155. The van der Waals surface area contributed by atoms with Gasteiger partial charge in [0.1, 0.15) is 6.04 Å². The second kappa shape index (κ2) is 9.13. The van der Waals surface area contributed by atoms with Crippen molar-refractivity contribution >= 4 is 11.8 Å². The zero-order valence-corrected chi connectivity index (χ0v) is 18.6. The zero-order valence-electron chi connectivity index (χ0n) is 18.6. The summed E-state index contributed by atoms with van der Waals surface area (Å²) in [6, 6.07) is 16.8. The van der Waals surface area contributed by atoms with Gasteiger partial charge in [-0.2, -0.15) is 5.26 Å². The molecule has 0 spiro atoms. The molecule has 1 saturated carbocycles. The van der Waals surface area contributed by atoms with E-state index in [0.29, 0.717) is 5.56 Å². The number of benzene rings is 2. The van der Waals surface area contributed by atoms with Gasteiger partial charge in [0.25, 0.3) is 5.91 Å². The van der Waals surface area contributed by atoms with Crippen LogP contribution < -0.4 is 0 Å². The minimum Gasteiger partial charge on any atom is -0.394 e. The molecule has 0 radical (unpaired) electrons. The monoisotopic (exact) mass is 431 g/mol. The number of hydrogen-bond acceptors (Lipinski definition) is 4. The first-order valence-corrected chi connectivity index (χ1v) is 11.2. The minimum atomic E-state index is -0.549. The molecule has 1 heterocycles. The van der Waals surface area contributed by atoms with Crippen LogP contribution in [0.25, 0.3) is 11.1 Å². The highest BCUT2D eigenvalue weighted by molar-refractivity contribution is 5.95. The third-order valence-electron chi connectivity index (χ3n) is 6.83. The Balaban J connectivity index is 1.55. The van der Waals surface area contributed by atoms with Gasteiger partial charge in [0.2, 0.25) is 5.91 Å². The van der Waals surface area contributed by atoms with Crippen LogP contribution in [0.2, 0.25) is 0 Å². The second-order valence-corrected chi connectivity index (χ2v) is 8.98. The molecule has 4 rings (SSSR count). The van der Waals surface area contributed by atoms with Gasteiger partial charge in [-0.15, -0.1) is 0 Å². The smallest absolute Gasteiger partial charge is 0.253 e. The molecule has 1 N–H and O–H groups in total. The molecule has 3 atom stereocenters. The fraction of sp³-hybridized carbons (Fsp3) is 0.423. The molecule has 166 valence electrons. The predicted molar refractivity (Wildman–Crippen MR) is 122 cm³/mol. The average molecular weight is 432 g/mol. The Hall–Kier alpha value is -3.17. The van der Waals surface area contributed by atoms with E-state index in [9.17, 15) is 20.0 Å². The lowest BCUT2D eigenvalue weighted by Gasteiger charge is -2.52. The van der Waals surface area contributed by atoms with Crippen LogP contribution in [-0.4, -0.2) is 59.5 Å². The molecule has 0 aromatic heterocycles. The van der Waals surface area contributed by atoms with E-state index in [4.69, 9.17) is 0 Å². The molecule has 1 saturated heterocycles. The lowest BCUT2D eigenvalue weighted by atomic mass is 9.74. The molecular formula is C26H29N3O3. The third-order valence-corrected chi connectivity index (χ3v) is 6.83. The quantitative estimate of drug-likeness (QED) is 0.786. The first-order chi connectivity index (χ1) is 15.5. The van der Waals surface area contributed by atoms with Crippen LogP contribution in [0.4, 0.5) is 0 Å². The Morgan fingerprint density at radius 1 is 1.09 bits per heavy atom. The Morgan fingerprint density at radius 2 is 1.78 bits per heavy atom. The van der Waals surface area contributed by atoms with Crippen LogP contribution in [0.1, 0.15) is 47.5 Å². The van der Waals surface area contributed by atoms with Gasteiger partial charge in [0, 0.05) is 31.5 Å². The molecule has 0 unspecified atom stereocenters. The van der Waals surface area contributed by atoms with E-state index < -0.39 is 6.04 Å². The highest BCUT2D eigenvalue weighted by Gasteiger charge is 2.52. The molecule has 6 heteroatoms. The van der Waals surface area contributed by atoms with Gasteiger partial charge in [-0.3, -0.25) is 9.59 Å². The fourth-order valence-corrected chi connectivity index (χ4v) is 5.08. The van der Waals surface area contributed by atoms with Gasteiger partial charge in [0.15, 0.2) is 0 Å². The van der Waals surface area contributed by atoms with Crippen molar-refractivity contribution < 1.29 is 14.7 Å². The van der Waals surface area contributed by atoms with Crippen molar-refractivity contribution in [3.8, 4) is 17.2 Å². The van der Waals surface area contributed by atoms with Crippen LogP contribution in [0, 0.1) is 17.2 Å². The fourth-order valence-electron chi connectivity index (χ4n) is 5.08. The van der Waals surface area contributed by atoms with Crippen molar-refractivity contribution in [1.29, 1.82) is 5.26 Å². The molecule has 32 heavy (non-hydrogen) atoms. The van der Waals surface area contributed by atoms with Crippen molar-refractivity contribution in [2.45, 2.75) is 43.7 Å². The first kappa shape index (κ1) is 22.0. The minimum absolute atomic E-state index is 0.0135. The van der Waals surface area contributed by atoms with Gasteiger partial charge in [-0.25, -0.2) is 0 Å². The standard InChI is InChI=1S/C26H29N3O3/c1-28(2)25(31)21-9-5-8-20(14-21)17-10-12-18(13-11-17)24-22(15-27)29(23(24)16-30)26(32)19-6-3-4-7-19/h5,8-14,19,22-24,30H,3-4,6-7,16H2,1-2H3/t22-,23+,24-/m1/s1. The predicted octanol–water partition coefficient (Wildman–Crippen LogP) is 3.42. The maximum atomic E-state index is 12.9. The van der Waals surface area contributed by atoms with Crippen molar-refractivity contribution in [2.75, 3.05) is 20.7 Å². The molecular weight excluding hydrogens is 402 g/mol. The summed E-state index contributed by atoms with van der Waals surface area (Å²) in [6.07, 6.45) is 3.86. The summed E-state index contributed by atoms with van der Waals surface area (Å²) in [5.74, 6) is -0.248. The van der Waals surface area contributed by atoms with E-state index in [1.54, 1.807) is 30.0 Å². The number of nitriles is 1. The van der Waals surface area contributed by atoms with E-state index in [2.05, 4.69) is 6.07 Å². The number of aliphatic hydroxyl groups excluding tert-OH is 1. The van der Waals surface area contributed by atoms with Crippen LogP contribution >= 0.6 is 0 Å². The van der Waals surface area contributed by atoms with Gasteiger partial charge < -0.3 is 14.9 Å². The van der Waals surface area contributed by atoms with Crippen LogP contribution in [0.5, 0.6) is 0 Å². The molecule has 0 bridgehead atoms. The third kappa shape index (κ3) is 3.89. The van der Waals surface area contributed by atoms with Gasteiger partial charge >= 0.3 is 0 Å². The molecule has 2 aliphatic rings. The van der Waals surface area contributed by atoms with Crippen molar-refractivity contribution in [2.24, 2.45) is 5.92 Å². The summed E-state index contributed by atoms with van der Waals surface area (Å²) in [4.78, 5) is 28.4. The molecule has 6 nitrogen and oxygen atoms in total. The lowest BCUT2D eigenvalue weighted by Crippen LogP contribution is -2.66. The van der Waals surface area contributed by atoms with Gasteiger partial charge in [-0.05, 0) is 41.7 Å². The first-order valence-electron chi connectivity index (χ1n) is 11.2. The largest absolute Gasteiger partial charge is 0.394 e. The summed E-state index contributed by atoms with van der Waals surface area (Å²) in [7, 11) is 3.46. The van der Waals surface area contributed by atoms with Crippen molar-refractivity contribution in [1.82, 2.24) is 9.80 Å². The normalized spacial score (nSPS) is 22.8. The van der Waals surface area contributed by atoms with E-state index in [1.807, 2.05) is 42.5 Å². The second-order valence-electron chi connectivity index (χ2n) is 8.98. The molecule has 1 aliphatic heterocycles. The molecule has 1 aliphatic carbocycles. The number of carbonyl (C=O) groups excluding carboxylic acids is 2. The Labute approximate surface area is 189 Å². The van der Waals surface area contributed by atoms with Crippen LogP contribution in [0.15, 0.2) is 48.5 Å². The maximum absolute atomic E-state index is 12.9. The van der Waals surface area contributed by atoms with E-state index in [1.165, 1.54) is 0 Å². The average Bonchev–Trinajstić information content (AvgIpc) is 3.34. The summed E-state index contributed by atoms with van der Waals surface area (Å²) >= 11 is 0. The van der Waals surface area contributed by atoms with E-state index >= 15 is 0 Å². The number of rotatable bonds is 5. The lowest BCUT2D eigenvalue weighted by molar-refractivity contribution is -0.151. The molecule has 2 aromatic rings. The number of aliphatic hydroxyl groups is 1. The molecule has 2 aromatic carbocycles.